The Labute approximate surface area is 104 Å². The molecule has 0 amide bonds. The molecule has 5 heteroatoms. The van der Waals surface area contributed by atoms with E-state index < -0.39 is 5.82 Å². The molecule has 0 saturated carbocycles. The Kier molecular flexibility index (Phi) is 3.33. The van der Waals surface area contributed by atoms with Crippen molar-refractivity contribution in [1.82, 2.24) is 4.98 Å². The molecule has 3 nitrogen and oxygen atoms in total. The maximum atomic E-state index is 13.5. The van der Waals surface area contributed by atoms with E-state index >= 15 is 0 Å². The van der Waals surface area contributed by atoms with E-state index in [-0.39, 0.29) is 16.9 Å². The zero-order valence-corrected chi connectivity index (χ0v) is 10.3. The predicted octanol–water partition coefficient (Wildman–Crippen LogP) is 3.95. The lowest BCUT2D eigenvalue weighted by Crippen LogP contribution is -2.08. The van der Waals surface area contributed by atoms with Crippen molar-refractivity contribution in [2.75, 3.05) is 5.32 Å². The minimum absolute atomic E-state index is 0.160. The first-order valence-electron chi connectivity index (χ1n) is 5.20. The zero-order valence-electron chi connectivity index (χ0n) is 9.50. The molecule has 0 bridgehead atoms. The molecule has 0 spiro atoms. The summed E-state index contributed by atoms with van der Waals surface area (Å²) in [5.74, 6) is 1.24. The molecule has 1 N–H and O–H groups in total. The maximum Gasteiger partial charge on any atom is 0.166 e. The third-order valence-electron chi connectivity index (χ3n) is 2.35. The Balaban J connectivity index is 2.15. The lowest BCUT2D eigenvalue weighted by molar-refractivity contribution is 0.465. The minimum Gasteiger partial charge on any atom is -0.464 e. The van der Waals surface area contributed by atoms with Gasteiger partial charge in [0.25, 0.3) is 0 Å². The third-order valence-corrected chi connectivity index (χ3v) is 2.56. The van der Waals surface area contributed by atoms with E-state index in [2.05, 4.69) is 10.3 Å². The molecule has 1 atom stereocenters. The number of aryl methyl sites for hydroxylation is 1. The number of nitrogens with one attached hydrogen (secondary N) is 1. The summed E-state index contributed by atoms with van der Waals surface area (Å²) in [6, 6.07) is 4.77. The quantitative estimate of drug-likeness (QED) is 0.901. The summed E-state index contributed by atoms with van der Waals surface area (Å²) < 4.78 is 18.9. The first-order chi connectivity index (χ1) is 8.06. The van der Waals surface area contributed by atoms with Crippen LogP contribution in [-0.4, -0.2) is 4.98 Å². The number of hydrogen-bond acceptors (Lipinski definition) is 3. The van der Waals surface area contributed by atoms with Gasteiger partial charge in [0.15, 0.2) is 11.6 Å². The Morgan fingerprint density at radius 3 is 2.82 bits per heavy atom. The normalized spacial score (nSPS) is 12.5. The Morgan fingerprint density at radius 1 is 1.47 bits per heavy atom. The van der Waals surface area contributed by atoms with Crippen LogP contribution in [0.2, 0.25) is 5.02 Å². The molecule has 1 unspecified atom stereocenters. The van der Waals surface area contributed by atoms with Crippen molar-refractivity contribution < 1.29 is 8.81 Å². The molecule has 0 aromatic carbocycles. The van der Waals surface area contributed by atoms with Crippen LogP contribution in [0.15, 0.2) is 28.8 Å². The number of furan rings is 1. The number of halogens is 2. The molecule has 0 saturated heterocycles. The van der Waals surface area contributed by atoms with E-state index in [0.29, 0.717) is 0 Å². The van der Waals surface area contributed by atoms with E-state index in [9.17, 15) is 4.39 Å². The monoisotopic (exact) mass is 254 g/mol. The van der Waals surface area contributed by atoms with E-state index in [1.807, 2.05) is 26.0 Å². The van der Waals surface area contributed by atoms with Crippen LogP contribution in [-0.2, 0) is 0 Å². The van der Waals surface area contributed by atoms with Crippen molar-refractivity contribution in [1.29, 1.82) is 0 Å². The van der Waals surface area contributed by atoms with Crippen molar-refractivity contribution in [3.05, 3.63) is 46.8 Å². The number of rotatable bonds is 3. The fourth-order valence-electron chi connectivity index (χ4n) is 1.48. The maximum absolute atomic E-state index is 13.5. The first kappa shape index (κ1) is 11.9. The van der Waals surface area contributed by atoms with Crippen molar-refractivity contribution in [3.8, 4) is 0 Å². The summed E-state index contributed by atoms with van der Waals surface area (Å²) >= 11 is 5.63. The number of anilines is 1. The second-order valence-corrected chi connectivity index (χ2v) is 4.23. The highest BCUT2D eigenvalue weighted by Gasteiger charge is 2.12. The van der Waals surface area contributed by atoms with Gasteiger partial charge in [-0.2, -0.15) is 0 Å². The molecular weight excluding hydrogens is 243 g/mol. The van der Waals surface area contributed by atoms with Crippen molar-refractivity contribution in [3.63, 3.8) is 0 Å². The van der Waals surface area contributed by atoms with Crippen LogP contribution < -0.4 is 5.32 Å². The van der Waals surface area contributed by atoms with Crippen molar-refractivity contribution >= 4 is 17.4 Å². The molecule has 0 fully saturated rings. The summed E-state index contributed by atoms with van der Waals surface area (Å²) in [6.07, 6.45) is 1.40. The predicted molar refractivity (Wildman–Crippen MR) is 64.7 cm³/mol. The smallest absolute Gasteiger partial charge is 0.166 e. The van der Waals surface area contributed by atoms with Gasteiger partial charge in [-0.3, -0.25) is 0 Å². The molecule has 0 aliphatic rings. The molecule has 0 aliphatic carbocycles. The summed E-state index contributed by atoms with van der Waals surface area (Å²) in [7, 11) is 0. The number of hydrogen-bond donors (Lipinski definition) is 1. The molecule has 90 valence electrons. The summed E-state index contributed by atoms with van der Waals surface area (Å²) in [6.45, 7) is 3.73. The minimum atomic E-state index is -0.479. The molecule has 2 aromatic rings. The average Bonchev–Trinajstić information content (AvgIpc) is 2.69. The second-order valence-electron chi connectivity index (χ2n) is 3.80. The van der Waals surface area contributed by atoms with Crippen LogP contribution in [0, 0.1) is 12.7 Å². The fraction of sp³-hybridized carbons (Fsp3) is 0.250. The first-order valence-corrected chi connectivity index (χ1v) is 5.58. The van der Waals surface area contributed by atoms with Crippen molar-refractivity contribution in [2.24, 2.45) is 0 Å². The number of pyridine rings is 1. The Hall–Kier alpha value is -1.55. The van der Waals surface area contributed by atoms with Gasteiger partial charge in [0.1, 0.15) is 11.5 Å². The van der Waals surface area contributed by atoms with Crippen LogP contribution >= 0.6 is 11.6 Å². The van der Waals surface area contributed by atoms with Crippen LogP contribution in [0.25, 0.3) is 0 Å². The fourth-order valence-corrected chi connectivity index (χ4v) is 1.63. The van der Waals surface area contributed by atoms with Gasteiger partial charge >= 0.3 is 0 Å². The van der Waals surface area contributed by atoms with Gasteiger partial charge in [0, 0.05) is 6.20 Å². The largest absolute Gasteiger partial charge is 0.464 e. The highest BCUT2D eigenvalue weighted by atomic mass is 35.5. The van der Waals surface area contributed by atoms with Crippen LogP contribution in [0.3, 0.4) is 0 Å². The molecular formula is C12H12ClFN2O. The van der Waals surface area contributed by atoms with E-state index in [1.54, 1.807) is 0 Å². The molecule has 2 rings (SSSR count). The van der Waals surface area contributed by atoms with Gasteiger partial charge in [-0.15, -0.1) is 0 Å². The summed E-state index contributed by atoms with van der Waals surface area (Å²) in [5, 5.41) is 3.20. The topological polar surface area (TPSA) is 38.1 Å². The Morgan fingerprint density at radius 2 is 2.24 bits per heavy atom. The van der Waals surface area contributed by atoms with Crippen LogP contribution in [0.1, 0.15) is 24.5 Å². The average molecular weight is 255 g/mol. The van der Waals surface area contributed by atoms with E-state index in [0.717, 1.165) is 11.5 Å². The van der Waals surface area contributed by atoms with E-state index in [4.69, 9.17) is 16.0 Å². The standard InChI is InChI=1S/C12H12ClFN2O/c1-7-3-4-11(17-7)8(2)16-12-10(14)5-9(13)6-15-12/h3-6,8H,1-2H3,(H,15,16). The van der Waals surface area contributed by atoms with Gasteiger partial charge in [-0.1, -0.05) is 11.6 Å². The molecule has 17 heavy (non-hydrogen) atoms. The van der Waals surface area contributed by atoms with Gasteiger partial charge in [0.2, 0.25) is 0 Å². The van der Waals surface area contributed by atoms with Gasteiger partial charge < -0.3 is 9.73 Å². The van der Waals surface area contributed by atoms with Crippen LogP contribution in [0.4, 0.5) is 10.2 Å². The lowest BCUT2D eigenvalue weighted by atomic mass is 10.2. The summed E-state index contributed by atoms with van der Waals surface area (Å²) in [5.41, 5.74) is 0. The molecule has 0 radical (unpaired) electrons. The van der Waals surface area contributed by atoms with E-state index in [1.165, 1.54) is 12.3 Å². The second kappa shape index (κ2) is 4.75. The highest BCUT2D eigenvalue weighted by molar-refractivity contribution is 6.30. The molecule has 2 heterocycles. The van der Waals surface area contributed by atoms with Gasteiger partial charge in [-0.25, -0.2) is 9.37 Å². The zero-order chi connectivity index (χ0) is 12.4. The highest BCUT2D eigenvalue weighted by Crippen LogP contribution is 2.22. The van der Waals surface area contributed by atoms with Gasteiger partial charge in [0.05, 0.1) is 11.1 Å². The SMILES string of the molecule is Cc1ccc(C(C)Nc2ncc(Cl)cc2F)o1. The van der Waals surface area contributed by atoms with Gasteiger partial charge in [-0.05, 0) is 32.0 Å². The molecule has 2 aromatic heterocycles. The number of aromatic nitrogens is 1. The summed E-state index contributed by atoms with van der Waals surface area (Å²) in [4.78, 5) is 3.89. The molecule has 0 aliphatic heterocycles. The van der Waals surface area contributed by atoms with Crippen molar-refractivity contribution in [2.45, 2.75) is 19.9 Å². The Bertz CT molecular complexity index is 527. The third kappa shape index (κ3) is 2.77. The number of nitrogens with zero attached hydrogens (tertiary/aromatic N) is 1. The lowest BCUT2D eigenvalue weighted by Gasteiger charge is -2.12. The van der Waals surface area contributed by atoms with Crippen LogP contribution in [0.5, 0.6) is 0 Å².